The molecule has 0 atom stereocenters. The molecule has 148 valence electrons. The van der Waals surface area contributed by atoms with Crippen LogP contribution < -0.4 is 5.32 Å². The molecule has 1 N–H and O–H groups in total. The molecule has 28 heavy (non-hydrogen) atoms. The topological polar surface area (TPSA) is 62.6 Å². The number of nitrogens with one attached hydrogen (secondary N) is 1. The number of hydrogen-bond donors (Lipinski definition) is 1. The van der Waals surface area contributed by atoms with E-state index < -0.39 is 5.41 Å². The Labute approximate surface area is 163 Å². The summed E-state index contributed by atoms with van der Waals surface area (Å²) in [4.78, 5) is 27.4. The molecule has 1 aliphatic carbocycles. The van der Waals surface area contributed by atoms with Gasteiger partial charge >= 0.3 is 0 Å². The second-order valence-electron chi connectivity index (χ2n) is 7.85. The van der Waals surface area contributed by atoms with Gasteiger partial charge in [-0.15, -0.1) is 0 Å². The molecule has 0 spiro atoms. The fraction of sp³-hybridized carbons (Fsp3) is 0.455. The number of likely N-dealkylation sites (tertiary alicyclic amines) is 1. The number of carbonyl (C=O) groups is 2. The highest BCUT2D eigenvalue weighted by molar-refractivity contribution is 5.94. The van der Waals surface area contributed by atoms with E-state index >= 15 is 0 Å². The normalized spacial score (nSPS) is 19.5. The molecule has 1 aliphatic heterocycles. The fourth-order valence-corrected chi connectivity index (χ4v) is 4.53. The number of nitrogens with zero attached hydrogens (tertiary/aromatic N) is 1. The second kappa shape index (κ2) is 7.78. The Bertz CT molecular complexity index is 835. The summed E-state index contributed by atoms with van der Waals surface area (Å²) in [6.07, 6.45) is 7.83. The first-order valence-electron chi connectivity index (χ1n) is 9.97. The lowest BCUT2D eigenvalue weighted by Crippen LogP contribution is -2.51. The van der Waals surface area contributed by atoms with E-state index in [-0.39, 0.29) is 23.7 Å². The van der Waals surface area contributed by atoms with Crippen LogP contribution in [0.1, 0.15) is 54.4 Å². The van der Waals surface area contributed by atoms with Crippen LogP contribution in [0.4, 0.5) is 4.39 Å². The van der Waals surface area contributed by atoms with Crippen molar-refractivity contribution in [1.82, 2.24) is 10.2 Å². The van der Waals surface area contributed by atoms with Gasteiger partial charge in [0.2, 0.25) is 5.91 Å². The molecule has 6 heteroatoms. The second-order valence-corrected chi connectivity index (χ2v) is 7.85. The number of piperidine rings is 1. The maximum atomic E-state index is 13.8. The SMILES string of the molecule is O=C(c1ccoc1)N1CCC(NC(=O)C2(c3cccc(F)c3)CCCC2)CC1. The Morgan fingerprint density at radius 2 is 1.89 bits per heavy atom. The van der Waals surface area contributed by atoms with E-state index in [1.165, 1.54) is 24.7 Å². The van der Waals surface area contributed by atoms with Gasteiger partial charge in [0, 0.05) is 19.1 Å². The van der Waals surface area contributed by atoms with Crippen molar-refractivity contribution in [2.45, 2.75) is 50.0 Å². The molecular formula is C22H25FN2O3. The molecule has 0 unspecified atom stereocenters. The lowest BCUT2D eigenvalue weighted by Gasteiger charge is -2.35. The molecule has 0 radical (unpaired) electrons. The lowest BCUT2D eigenvalue weighted by atomic mass is 9.77. The first kappa shape index (κ1) is 18.7. The summed E-state index contributed by atoms with van der Waals surface area (Å²) in [5.74, 6) is -0.344. The van der Waals surface area contributed by atoms with E-state index in [2.05, 4.69) is 5.32 Å². The lowest BCUT2D eigenvalue weighted by molar-refractivity contribution is -0.127. The minimum Gasteiger partial charge on any atom is -0.472 e. The molecular weight excluding hydrogens is 359 g/mol. The van der Waals surface area contributed by atoms with Crippen LogP contribution in [-0.4, -0.2) is 35.8 Å². The third-order valence-corrected chi connectivity index (χ3v) is 6.15. The van der Waals surface area contributed by atoms with Crippen molar-refractivity contribution in [3.8, 4) is 0 Å². The average Bonchev–Trinajstić information content (AvgIpc) is 3.41. The highest BCUT2D eigenvalue weighted by Crippen LogP contribution is 2.41. The zero-order chi connectivity index (χ0) is 19.6. The number of halogens is 1. The number of hydrogen-bond acceptors (Lipinski definition) is 3. The van der Waals surface area contributed by atoms with Crippen molar-refractivity contribution in [2.75, 3.05) is 13.1 Å². The summed E-state index contributed by atoms with van der Waals surface area (Å²) in [5.41, 5.74) is 0.694. The van der Waals surface area contributed by atoms with E-state index in [0.717, 1.165) is 31.2 Å². The van der Waals surface area contributed by atoms with Crippen molar-refractivity contribution in [1.29, 1.82) is 0 Å². The van der Waals surface area contributed by atoms with Gasteiger partial charge in [-0.3, -0.25) is 9.59 Å². The smallest absolute Gasteiger partial charge is 0.257 e. The monoisotopic (exact) mass is 384 g/mol. The van der Waals surface area contributed by atoms with E-state index in [4.69, 9.17) is 4.42 Å². The number of carbonyl (C=O) groups excluding carboxylic acids is 2. The highest BCUT2D eigenvalue weighted by Gasteiger charge is 2.43. The molecule has 2 amide bonds. The van der Waals surface area contributed by atoms with Gasteiger partial charge in [0.1, 0.15) is 12.1 Å². The minimum atomic E-state index is -0.633. The third-order valence-electron chi connectivity index (χ3n) is 6.15. The van der Waals surface area contributed by atoms with Gasteiger partial charge in [-0.25, -0.2) is 4.39 Å². The fourth-order valence-electron chi connectivity index (χ4n) is 4.53. The third kappa shape index (κ3) is 3.55. The largest absolute Gasteiger partial charge is 0.472 e. The average molecular weight is 384 g/mol. The Balaban J connectivity index is 1.40. The summed E-state index contributed by atoms with van der Waals surface area (Å²) >= 11 is 0. The van der Waals surface area contributed by atoms with Crippen molar-refractivity contribution in [3.63, 3.8) is 0 Å². The summed E-state index contributed by atoms with van der Waals surface area (Å²) in [7, 11) is 0. The summed E-state index contributed by atoms with van der Waals surface area (Å²) < 4.78 is 18.8. The molecule has 1 saturated heterocycles. The maximum Gasteiger partial charge on any atom is 0.257 e. The molecule has 0 bridgehead atoms. The van der Waals surface area contributed by atoms with Gasteiger partial charge in [0.25, 0.3) is 5.91 Å². The standard InChI is InChI=1S/C22H25FN2O3/c23-18-5-3-4-17(14-18)22(9-1-2-10-22)21(27)24-19-6-11-25(12-7-19)20(26)16-8-13-28-15-16/h3-5,8,13-15,19H,1-2,6-7,9-12H2,(H,24,27). The van der Waals surface area contributed by atoms with E-state index in [9.17, 15) is 14.0 Å². The molecule has 5 nitrogen and oxygen atoms in total. The van der Waals surface area contributed by atoms with Crippen LogP contribution in [0, 0.1) is 5.82 Å². The molecule has 2 fully saturated rings. The van der Waals surface area contributed by atoms with E-state index in [1.807, 2.05) is 6.07 Å². The first-order chi connectivity index (χ1) is 13.6. The van der Waals surface area contributed by atoms with Crippen LogP contribution in [0.15, 0.2) is 47.3 Å². The van der Waals surface area contributed by atoms with E-state index in [1.54, 1.807) is 17.0 Å². The van der Waals surface area contributed by atoms with Gasteiger partial charge in [-0.2, -0.15) is 0 Å². The molecule has 1 saturated carbocycles. The first-order valence-corrected chi connectivity index (χ1v) is 9.97. The van der Waals surface area contributed by atoms with Gasteiger partial charge in [-0.05, 0) is 49.4 Å². The minimum absolute atomic E-state index is 0.00443. The number of furan rings is 1. The van der Waals surface area contributed by atoms with Crippen LogP contribution in [0.5, 0.6) is 0 Å². The zero-order valence-corrected chi connectivity index (χ0v) is 15.8. The molecule has 2 aliphatic rings. The van der Waals surface area contributed by atoms with Gasteiger partial charge in [0.05, 0.1) is 17.2 Å². The van der Waals surface area contributed by atoms with Crippen molar-refractivity contribution in [3.05, 3.63) is 59.8 Å². The Morgan fingerprint density at radius 1 is 1.14 bits per heavy atom. The van der Waals surface area contributed by atoms with Gasteiger partial charge in [0.15, 0.2) is 0 Å². The van der Waals surface area contributed by atoms with Crippen LogP contribution in [0.2, 0.25) is 0 Å². The van der Waals surface area contributed by atoms with Crippen LogP contribution in [0.25, 0.3) is 0 Å². The molecule has 4 rings (SSSR count). The molecule has 2 aromatic rings. The Hall–Kier alpha value is -2.63. The highest BCUT2D eigenvalue weighted by atomic mass is 19.1. The summed E-state index contributed by atoms with van der Waals surface area (Å²) in [5, 5.41) is 3.20. The van der Waals surface area contributed by atoms with Gasteiger partial charge in [-0.1, -0.05) is 25.0 Å². The Kier molecular flexibility index (Phi) is 5.20. The van der Waals surface area contributed by atoms with Crippen molar-refractivity contribution in [2.24, 2.45) is 0 Å². The summed E-state index contributed by atoms with van der Waals surface area (Å²) in [6.45, 7) is 1.20. The number of rotatable bonds is 4. The van der Waals surface area contributed by atoms with Gasteiger partial charge < -0.3 is 14.6 Å². The quantitative estimate of drug-likeness (QED) is 0.875. The zero-order valence-electron chi connectivity index (χ0n) is 15.8. The van der Waals surface area contributed by atoms with E-state index in [0.29, 0.717) is 31.5 Å². The molecule has 1 aromatic heterocycles. The van der Waals surface area contributed by atoms with Crippen LogP contribution in [0.3, 0.4) is 0 Å². The molecule has 1 aromatic carbocycles. The van der Waals surface area contributed by atoms with Crippen LogP contribution in [-0.2, 0) is 10.2 Å². The number of benzene rings is 1. The van der Waals surface area contributed by atoms with Crippen molar-refractivity contribution < 1.29 is 18.4 Å². The maximum absolute atomic E-state index is 13.8. The van der Waals surface area contributed by atoms with Crippen molar-refractivity contribution >= 4 is 11.8 Å². The predicted octanol–water partition coefficient (Wildman–Crippen LogP) is 3.65. The Morgan fingerprint density at radius 3 is 2.54 bits per heavy atom. The molecule has 2 heterocycles. The number of amides is 2. The summed E-state index contributed by atoms with van der Waals surface area (Å²) in [6, 6.07) is 8.15. The predicted molar refractivity (Wildman–Crippen MR) is 102 cm³/mol. The van der Waals surface area contributed by atoms with Crippen LogP contribution >= 0.6 is 0 Å².